The average molecular weight is 283 g/mol. The highest BCUT2D eigenvalue weighted by Crippen LogP contribution is 2.20. The zero-order valence-electron chi connectivity index (χ0n) is 11.6. The van der Waals surface area contributed by atoms with Gasteiger partial charge in [0.25, 0.3) is 0 Å². The molecule has 1 rings (SSSR count). The van der Waals surface area contributed by atoms with Crippen LogP contribution in [-0.2, 0) is 21.1 Å². The molecule has 0 fully saturated rings. The quantitative estimate of drug-likeness (QED) is 0.890. The van der Waals surface area contributed by atoms with Gasteiger partial charge in [-0.05, 0) is 32.8 Å². The van der Waals surface area contributed by atoms with Crippen LogP contribution in [0.1, 0.15) is 26.3 Å². The predicted octanol–water partition coefficient (Wildman–Crippen LogP) is 1.54. The summed E-state index contributed by atoms with van der Waals surface area (Å²) in [6, 6.07) is 9.30. The van der Waals surface area contributed by atoms with Gasteiger partial charge in [0.15, 0.2) is 9.84 Å². The summed E-state index contributed by atoms with van der Waals surface area (Å²) in [7, 11) is -3.36. The topological polar surface area (TPSA) is 77.2 Å². The number of carbonyl (C=O) groups excluding carboxylic acids is 1. The first-order valence-corrected chi connectivity index (χ1v) is 7.84. The molecule has 1 aromatic carbocycles. The Balaban J connectivity index is 2.90. The lowest BCUT2D eigenvalue weighted by atomic mass is 10.0. The molecule has 5 heteroatoms. The van der Waals surface area contributed by atoms with E-state index in [1.807, 2.05) is 30.3 Å². The van der Waals surface area contributed by atoms with Gasteiger partial charge in [-0.1, -0.05) is 30.3 Å². The van der Waals surface area contributed by atoms with Crippen LogP contribution in [0.25, 0.3) is 0 Å². The van der Waals surface area contributed by atoms with Crippen LogP contribution >= 0.6 is 0 Å². The molecule has 0 saturated heterocycles. The van der Waals surface area contributed by atoms with E-state index < -0.39 is 26.4 Å². The summed E-state index contributed by atoms with van der Waals surface area (Å²) in [4.78, 5) is 11.5. The Morgan fingerprint density at radius 3 is 2.16 bits per heavy atom. The van der Waals surface area contributed by atoms with Crippen LogP contribution < -0.4 is 5.73 Å². The fraction of sp³-hybridized carbons (Fsp3) is 0.500. The molecule has 1 aromatic rings. The Hall–Kier alpha value is -1.36. The van der Waals surface area contributed by atoms with Gasteiger partial charge < -0.3 is 5.73 Å². The third kappa shape index (κ3) is 4.35. The lowest BCUT2D eigenvalue weighted by Gasteiger charge is -2.22. The van der Waals surface area contributed by atoms with Crippen molar-refractivity contribution >= 4 is 15.7 Å². The third-order valence-electron chi connectivity index (χ3n) is 3.08. The zero-order chi connectivity index (χ0) is 14.7. The number of rotatable bonds is 5. The van der Waals surface area contributed by atoms with E-state index in [-0.39, 0.29) is 5.75 Å². The molecule has 0 aliphatic rings. The Bertz CT molecular complexity index is 530. The molecule has 1 atom stereocenters. The van der Waals surface area contributed by atoms with Crippen molar-refractivity contribution in [1.29, 1.82) is 0 Å². The van der Waals surface area contributed by atoms with Gasteiger partial charge in [-0.25, -0.2) is 8.42 Å². The normalized spacial score (nSPS) is 14.1. The van der Waals surface area contributed by atoms with Crippen LogP contribution in [-0.4, -0.2) is 24.8 Å². The van der Waals surface area contributed by atoms with Crippen molar-refractivity contribution in [2.75, 3.05) is 5.75 Å². The van der Waals surface area contributed by atoms with E-state index in [9.17, 15) is 13.2 Å². The van der Waals surface area contributed by atoms with Crippen molar-refractivity contribution in [2.24, 2.45) is 11.7 Å². The maximum absolute atomic E-state index is 12.1. The first-order valence-electron chi connectivity index (χ1n) is 6.19. The number of nitrogens with two attached hydrogens (primary N) is 1. The summed E-state index contributed by atoms with van der Waals surface area (Å²) in [5.41, 5.74) is 6.24. The van der Waals surface area contributed by atoms with Crippen LogP contribution in [0.4, 0.5) is 0 Å². The molecule has 0 heterocycles. The van der Waals surface area contributed by atoms with Gasteiger partial charge in [0.2, 0.25) is 5.91 Å². The van der Waals surface area contributed by atoms with Gasteiger partial charge in [0.1, 0.15) is 0 Å². The number of hydrogen-bond donors (Lipinski definition) is 1. The molecule has 0 unspecified atom stereocenters. The highest BCUT2D eigenvalue weighted by molar-refractivity contribution is 7.92. The van der Waals surface area contributed by atoms with E-state index >= 15 is 0 Å². The molecule has 0 radical (unpaired) electrons. The van der Waals surface area contributed by atoms with Crippen molar-refractivity contribution in [3.63, 3.8) is 0 Å². The largest absolute Gasteiger partial charge is 0.369 e. The summed E-state index contributed by atoms with van der Waals surface area (Å²) in [5.74, 6) is -1.47. The molecule has 0 saturated carbocycles. The summed E-state index contributed by atoms with van der Waals surface area (Å²) in [5, 5.41) is 0. The maximum atomic E-state index is 12.1. The van der Waals surface area contributed by atoms with Gasteiger partial charge in [0.05, 0.1) is 16.4 Å². The molecular formula is C14H21NO3S. The fourth-order valence-corrected chi connectivity index (χ4v) is 2.97. The number of amides is 1. The fourth-order valence-electron chi connectivity index (χ4n) is 1.66. The molecule has 19 heavy (non-hydrogen) atoms. The average Bonchev–Trinajstić information content (AvgIpc) is 2.27. The van der Waals surface area contributed by atoms with Crippen molar-refractivity contribution < 1.29 is 13.2 Å². The molecule has 106 valence electrons. The van der Waals surface area contributed by atoms with Gasteiger partial charge in [-0.2, -0.15) is 0 Å². The smallest absolute Gasteiger partial charge is 0.221 e. The van der Waals surface area contributed by atoms with Crippen LogP contribution in [0.5, 0.6) is 0 Å². The minimum Gasteiger partial charge on any atom is -0.369 e. The SMILES string of the molecule is CC(C)(C)S(=O)(=O)C[C@@H](Cc1ccccc1)C(N)=O. The molecule has 2 N–H and O–H groups in total. The van der Waals surface area contributed by atoms with Crippen LogP contribution in [0, 0.1) is 5.92 Å². The predicted molar refractivity (Wildman–Crippen MR) is 76.4 cm³/mol. The molecule has 0 aromatic heterocycles. The first kappa shape index (κ1) is 15.7. The number of sulfone groups is 1. The monoisotopic (exact) mass is 283 g/mol. The number of primary amides is 1. The van der Waals surface area contributed by atoms with Gasteiger partial charge in [0, 0.05) is 0 Å². The lowest BCUT2D eigenvalue weighted by Crippen LogP contribution is -2.38. The van der Waals surface area contributed by atoms with Gasteiger partial charge >= 0.3 is 0 Å². The number of hydrogen-bond acceptors (Lipinski definition) is 3. The summed E-state index contributed by atoms with van der Waals surface area (Å²) in [6.07, 6.45) is 0.353. The molecule has 0 aliphatic carbocycles. The summed E-state index contributed by atoms with van der Waals surface area (Å²) in [6.45, 7) is 4.88. The number of carbonyl (C=O) groups is 1. The van der Waals surface area contributed by atoms with Crippen LogP contribution in [0.15, 0.2) is 30.3 Å². The van der Waals surface area contributed by atoms with Crippen molar-refractivity contribution in [1.82, 2.24) is 0 Å². The van der Waals surface area contributed by atoms with E-state index in [2.05, 4.69) is 0 Å². The van der Waals surface area contributed by atoms with E-state index in [1.54, 1.807) is 20.8 Å². The highest BCUT2D eigenvalue weighted by Gasteiger charge is 2.33. The first-order chi connectivity index (χ1) is 8.63. The van der Waals surface area contributed by atoms with Gasteiger partial charge in [-0.15, -0.1) is 0 Å². The minimum absolute atomic E-state index is 0.208. The number of benzene rings is 1. The molecule has 4 nitrogen and oxygen atoms in total. The van der Waals surface area contributed by atoms with Crippen LogP contribution in [0.2, 0.25) is 0 Å². The standard InChI is InChI=1S/C14H21NO3S/c1-14(2,3)19(17,18)10-12(13(15)16)9-11-7-5-4-6-8-11/h4-8,12H,9-10H2,1-3H3,(H2,15,16)/t12-/m1/s1. The van der Waals surface area contributed by atoms with Crippen LogP contribution in [0.3, 0.4) is 0 Å². The third-order valence-corrected chi connectivity index (χ3v) is 5.79. The highest BCUT2D eigenvalue weighted by atomic mass is 32.2. The summed E-state index contributed by atoms with van der Waals surface area (Å²) >= 11 is 0. The second-order valence-electron chi connectivity index (χ2n) is 5.68. The van der Waals surface area contributed by atoms with Crippen molar-refractivity contribution in [3.05, 3.63) is 35.9 Å². The van der Waals surface area contributed by atoms with Crippen molar-refractivity contribution in [2.45, 2.75) is 31.9 Å². The van der Waals surface area contributed by atoms with E-state index in [0.29, 0.717) is 6.42 Å². The zero-order valence-corrected chi connectivity index (χ0v) is 12.4. The van der Waals surface area contributed by atoms with Gasteiger partial charge in [-0.3, -0.25) is 4.79 Å². The van der Waals surface area contributed by atoms with E-state index in [0.717, 1.165) is 5.56 Å². The Morgan fingerprint density at radius 1 is 1.21 bits per heavy atom. The molecule has 1 amide bonds. The van der Waals surface area contributed by atoms with Crippen molar-refractivity contribution in [3.8, 4) is 0 Å². The Kier molecular flexibility index (Phi) is 4.74. The molecule has 0 spiro atoms. The van der Waals surface area contributed by atoms with E-state index in [4.69, 9.17) is 5.73 Å². The Labute approximate surface area is 114 Å². The lowest BCUT2D eigenvalue weighted by molar-refractivity contribution is -0.121. The van der Waals surface area contributed by atoms with E-state index in [1.165, 1.54) is 0 Å². The molecule has 0 bridgehead atoms. The maximum Gasteiger partial charge on any atom is 0.221 e. The summed E-state index contributed by atoms with van der Waals surface area (Å²) < 4.78 is 23.4. The second kappa shape index (κ2) is 5.74. The molecule has 0 aliphatic heterocycles. The Morgan fingerprint density at radius 2 is 1.74 bits per heavy atom. The molecular weight excluding hydrogens is 262 g/mol. The second-order valence-corrected chi connectivity index (χ2v) is 8.47. The minimum atomic E-state index is -3.36.